The van der Waals surface area contributed by atoms with E-state index in [1.807, 2.05) is 24.3 Å². The Bertz CT molecular complexity index is 813. The lowest BCUT2D eigenvalue weighted by Gasteiger charge is -2.09. The Kier molecular flexibility index (Phi) is 4.23. The van der Waals surface area contributed by atoms with Gasteiger partial charge in [0, 0.05) is 17.5 Å². The molecule has 0 saturated carbocycles. The van der Waals surface area contributed by atoms with Crippen LogP contribution in [-0.2, 0) is 6.54 Å². The fraction of sp³-hybridized carbons (Fsp3) is 0.0667. The van der Waals surface area contributed by atoms with Gasteiger partial charge in [-0.3, -0.25) is 0 Å². The zero-order valence-electron chi connectivity index (χ0n) is 10.6. The van der Waals surface area contributed by atoms with Gasteiger partial charge in [-0.15, -0.1) is 0 Å². The number of furan rings is 1. The number of para-hydroxylation sites is 1. The summed E-state index contributed by atoms with van der Waals surface area (Å²) in [7, 11) is 0. The van der Waals surface area contributed by atoms with Gasteiger partial charge in [-0.25, -0.2) is 0 Å². The Morgan fingerprint density at radius 1 is 0.905 bits per heavy atom. The van der Waals surface area contributed by atoms with E-state index >= 15 is 0 Å². The van der Waals surface area contributed by atoms with E-state index in [0.29, 0.717) is 32.5 Å². The molecule has 0 atom stereocenters. The number of nitrogens with one attached hydrogen (secondary N) is 1. The number of hydrogen-bond donors (Lipinski definition) is 1. The summed E-state index contributed by atoms with van der Waals surface area (Å²) < 4.78 is 5.51. The lowest BCUT2D eigenvalue weighted by Crippen LogP contribution is -2.00. The highest BCUT2D eigenvalue weighted by molar-refractivity contribution is 6.44. The fourth-order valence-corrected chi connectivity index (χ4v) is 2.94. The largest absolute Gasteiger partial charge is 0.444 e. The normalized spacial score (nSPS) is 11.0. The summed E-state index contributed by atoms with van der Waals surface area (Å²) in [5, 5.41) is 5.87. The molecule has 1 heterocycles. The molecule has 0 aliphatic heterocycles. The summed E-state index contributed by atoms with van der Waals surface area (Å²) >= 11 is 24.2. The molecule has 2 nitrogen and oxygen atoms in total. The van der Waals surface area contributed by atoms with Gasteiger partial charge < -0.3 is 9.73 Å². The van der Waals surface area contributed by atoms with Crippen LogP contribution in [0.1, 0.15) is 5.56 Å². The van der Waals surface area contributed by atoms with Crippen molar-refractivity contribution in [3.05, 3.63) is 62.2 Å². The lowest BCUT2D eigenvalue weighted by atomic mass is 10.2. The minimum absolute atomic E-state index is 0.361. The quantitative estimate of drug-likeness (QED) is 0.528. The molecule has 1 N–H and O–H groups in total. The summed E-state index contributed by atoms with van der Waals surface area (Å²) in [4.78, 5) is 0. The number of anilines is 1. The zero-order valence-corrected chi connectivity index (χ0v) is 13.6. The average Bonchev–Trinajstić information content (AvgIpc) is 2.77. The topological polar surface area (TPSA) is 25.2 Å². The van der Waals surface area contributed by atoms with Crippen LogP contribution in [0.2, 0.25) is 20.3 Å². The summed E-state index contributed by atoms with van der Waals surface area (Å²) in [5.41, 5.74) is 2.31. The van der Waals surface area contributed by atoms with Gasteiger partial charge in [0.15, 0.2) is 5.22 Å². The van der Waals surface area contributed by atoms with E-state index in [2.05, 4.69) is 5.32 Å². The number of rotatable bonds is 3. The molecule has 6 heteroatoms. The first-order valence-corrected chi connectivity index (χ1v) is 7.62. The van der Waals surface area contributed by atoms with E-state index in [-0.39, 0.29) is 0 Å². The average molecular weight is 361 g/mol. The van der Waals surface area contributed by atoms with Crippen molar-refractivity contribution >= 4 is 63.1 Å². The first kappa shape index (κ1) is 14.9. The Balaban J connectivity index is 1.90. The Labute approximate surface area is 141 Å². The molecule has 108 valence electrons. The van der Waals surface area contributed by atoms with Crippen molar-refractivity contribution in [1.29, 1.82) is 0 Å². The van der Waals surface area contributed by atoms with Gasteiger partial charge in [-0.2, -0.15) is 0 Å². The summed E-state index contributed by atoms with van der Waals surface area (Å²) in [5.74, 6) is 0. The van der Waals surface area contributed by atoms with E-state index in [4.69, 9.17) is 50.8 Å². The molecular weight excluding hydrogens is 352 g/mol. The molecule has 21 heavy (non-hydrogen) atoms. The standard InChI is InChI=1S/C15H9Cl4NO/c16-10-5-12(18)13(6-11(10)17)20-7-9-8-3-1-2-4-14(8)21-15(9)19/h1-6,20H,7H2. The zero-order chi connectivity index (χ0) is 15.0. The second-order valence-electron chi connectivity index (χ2n) is 4.45. The van der Waals surface area contributed by atoms with Crippen LogP contribution in [-0.4, -0.2) is 0 Å². The van der Waals surface area contributed by atoms with E-state index < -0.39 is 0 Å². The number of hydrogen-bond acceptors (Lipinski definition) is 2. The van der Waals surface area contributed by atoms with Crippen LogP contribution < -0.4 is 5.32 Å². The van der Waals surface area contributed by atoms with Crippen molar-refractivity contribution in [2.45, 2.75) is 6.54 Å². The van der Waals surface area contributed by atoms with E-state index in [1.54, 1.807) is 12.1 Å². The molecular formula is C15H9Cl4NO. The van der Waals surface area contributed by atoms with E-state index in [1.165, 1.54) is 0 Å². The highest BCUT2D eigenvalue weighted by Crippen LogP contribution is 2.34. The summed E-state index contributed by atoms with van der Waals surface area (Å²) in [6.45, 7) is 0.466. The maximum Gasteiger partial charge on any atom is 0.199 e. The first-order valence-electron chi connectivity index (χ1n) is 6.10. The molecule has 3 rings (SSSR count). The molecule has 0 aliphatic rings. The number of benzene rings is 2. The third kappa shape index (κ3) is 2.95. The predicted octanol–water partition coefficient (Wildman–Crippen LogP) is 6.66. The molecule has 3 aromatic rings. The minimum atomic E-state index is 0.361. The van der Waals surface area contributed by atoms with Gasteiger partial charge in [0.25, 0.3) is 0 Å². The van der Waals surface area contributed by atoms with Crippen LogP contribution in [0.4, 0.5) is 5.69 Å². The van der Waals surface area contributed by atoms with Crippen LogP contribution >= 0.6 is 46.4 Å². The minimum Gasteiger partial charge on any atom is -0.444 e. The molecule has 0 unspecified atom stereocenters. The number of fused-ring (bicyclic) bond motifs is 1. The molecule has 0 aliphatic carbocycles. The fourth-order valence-electron chi connectivity index (χ4n) is 2.08. The lowest BCUT2D eigenvalue weighted by molar-refractivity contribution is 0.613. The Morgan fingerprint density at radius 3 is 2.43 bits per heavy atom. The van der Waals surface area contributed by atoms with Crippen LogP contribution in [0.5, 0.6) is 0 Å². The van der Waals surface area contributed by atoms with Crippen LogP contribution in [0.15, 0.2) is 40.8 Å². The maximum atomic E-state index is 6.14. The molecule has 0 amide bonds. The molecule has 0 spiro atoms. The van der Waals surface area contributed by atoms with E-state index in [0.717, 1.165) is 16.5 Å². The molecule has 0 radical (unpaired) electrons. The van der Waals surface area contributed by atoms with Gasteiger partial charge in [-0.05, 0) is 29.8 Å². The molecule has 0 saturated heterocycles. The van der Waals surface area contributed by atoms with Crippen LogP contribution in [0, 0.1) is 0 Å². The van der Waals surface area contributed by atoms with Crippen molar-refractivity contribution in [2.24, 2.45) is 0 Å². The van der Waals surface area contributed by atoms with E-state index in [9.17, 15) is 0 Å². The van der Waals surface area contributed by atoms with Crippen molar-refractivity contribution in [2.75, 3.05) is 5.32 Å². The van der Waals surface area contributed by atoms with Crippen LogP contribution in [0.25, 0.3) is 11.0 Å². The van der Waals surface area contributed by atoms with Crippen molar-refractivity contribution in [1.82, 2.24) is 0 Å². The van der Waals surface area contributed by atoms with Gasteiger partial charge in [-0.1, -0.05) is 53.0 Å². The Hall–Kier alpha value is -1.06. The monoisotopic (exact) mass is 359 g/mol. The van der Waals surface area contributed by atoms with Gasteiger partial charge >= 0.3 is 0 Å². The predicted molar refractivity (Wildman–Crippen MR) is 90.0 cm³/mol. The van der Waals surface area contributed by atoms with Crippen molar-refractivity contribution < 1.29 is 4.42 Å². The highest BCUT2D eigenvalue weighted by atomic mass is 35.5. The number of halogens is 4. The van der Waals surface area contributed by atoms with Crippen LogP contribution in [0.3, 0.4) is 0 Å². The SMILES string of the molecule is Clc1cc(Cl)c(NCc2c(Cl)oc3ccccc23)cc1Cl. The second kappa shape index (κ2) is 5.98. The molecule has 0 bridgehead atoms. The van der Waals surface area contributed by atoms with Gasteiger partial charge in [0.05, 0.1) is 20.8 Å². The Morgan fingerprint density at radius 2 is 1.62 bits per heavy atom. The third-order valence-electron chi connectivity index (χ3n) is 3.11. The summed E-state index contributed by atoms with van der Waals surface area (Å²) in [6.07, 6.45) is 0. The maximum absolute atomic E-state index is 6.14. The first-order chi connectivity index (χ1) is 10.1. The second-order valence-corrected chi connectivity index (χ2v) is 6.02. The molecule has 2 aromatic carbocycles. The smallest absolute Gasteiger partial charge is 0.199 e. The van der Waals surface area contributed by atoms with Crippen molar-refractivity contribution in [3.8, 4) is 0 Å². The highest BCUT2D eigenvalue weighted by Gasteiger charge is 2.13. The molecule has 1 aromatic heterocycles. The van der Waals surface area contributed by atoms with Crippen molar-refractivity contribution in [3.63, 3.8) is 0 Å². The van der Waals surface area contributed by atoms with Gasteiger partial charge in [0.2, 0.25) is 0 Å². The summed E-state index contributed by atoms with van der Waals surface area (Å²) in [6, 6.07) is 10.9. The third-order valence-corrected chi connectivity index (χ3v) is 4.45. The van der Waals surface area contributed by atoms with Gasteiger partial charge in [0.1, 0.15) is 5.58 Å². The molecule has 0 fully saturated rings.